The maximum absolute atomic E-state index is 12.7. The van der Waals surface area contributed by atoms with Crippen molar-refractivity contribution < 1.29 is 13.2 Å². The lowest BCUT2D eigenvalue weighted by Gasteiger charge is -2.17. The maximum Gasteiger partial charge on any atom is 0.271 e. The predicted octanol–water partition coefficient (Wildman–Crippen LogP) is 2.97. The normalized spacial score (nSPS) is 11.7. The highest BCUT2D eigenvalue weighted by Gasteiger charge is 2.20. The first-order chi connectivity index (χ1) is 14.4. The van der Waals surface area contributed by atoms with Crippen molar-refractivity contribution in [2.45, 2.75) is 18.4 Å². The van der Waals surface area contributed by atoms with Crippen LogP contribution in [0.2, 0.25) is 0 Å². The lowest BCUT2D eigenvalue weighted by atomic mass is 10.1. The zero-order valence-corrected chi connectivity index (χ0v) is 17.5. The van der Waals surface area contributed by atoms with Gasteiger partial charge in [-0.1, -0.05) is 35.9 Å². The fourth-order valence-electron chi connectivity index (χ4n) is 2.68. The summed E-state index contributed by atoms with van der Waals surface area (Å²) in [6.45, 7) is 2.10. The molecule has 8 heteroatoms. The van der Waals surface area contributed by atoms with Crippen molar-refractivity contribution in [3.63, 3.8) is 0 Å². The van der Waals surface area contributed by atoms with Gasteiger partial charge in [0.05, 0.1) is 11.1 Å². The molecule has 0 aliphatic rings. The summed E-state index contributed by atoms with van der Waals surface area (Å²) in [4.78, 5) is 16.4. The number of hydrogen-bond acceptors (Lipinski definition) is 5. The number of nitrogens with zero attached hydrogens (tertiary/aromatic N) is 3. The van der Waals surface area contributed by atoms with Crippen LogP contribution in [0.1, 0.15) is 27.0 Å². The number of benzene rings is 2. The standard InChI is InChI=1S/C22H22N4O3S/c1-17-5-11-21(12-6-17)30(28,29)26(2)16-18-7-9-20(10-8-18)22(27)25-24-15-19-4-3-13-23-14-19/h3-15H,16H2,1-2H3,(H,25,27)/b24-15-. The van der Waals surface area contributed by atoms with Crippen LogP contribution in [0.5, 0.6) is 0 Å². The topological polar surface area (TPSA) is 91.7 Å². The van der Waals surface area contributed by atoms with Crippen molar-refractivity contribution in [1.82, 2.24) is 14.7 Å². The molecule has 3 aromatic rings. The van der Waals surface area contributed by atoms with E-state index in [1.54, 1.807) is 67.0 Å². The van der Waals surface area contributed by atoms with Gasteiger partial charge in [0.25, 0.3) is 5.91 Å². The lowest BCUT2D eigenvalue weighted by molar-refractivity contribution is 0.0955. The van der Waals surface area contributed by atoms with E-state index in [-0.39, 0.29) is 17.3 Å². The molecule has 0 spiro atoms. The van der Waals surface area contributed by atoms with E-state index in [4.69, 9.17) is 0 Å². The summed E-state index contributed by atoms with van der Waals surface area (Å²) >= 11 is 0. The van der Waals surface area contributed by atoms with Gasteiger partial charge in [0.1, 0.15) is 0 Å². The molecule has 1 N–H and O–H groups in total. The van der Waals surface area contributed by atoms with Crippen molar-refractivity contribution in [3.05, 3.63) is 95.3 Å². The summed E-state index contributed by atoms with van der Waals surface area (Å²) in [6, 6.07) is 17.0. The SMILES string of the molecule is Cc1ccc(S(=O)(=O)N(C)Cc2ccc(C(=O)N/N=C\c3cccnc3)cc2)cc1. The van der Waals surface area contributed by atoms with Crippen LogP contribution in [0.15, 0.2) is 83.1 Å². The van der Waals surface area contributed by atoms with Crippen LogP contribution < -0.4 is 5.43 Å². The van der Waals surface area contributed by atoms with Crippen molar-refractivity contribution in [1.29, 1.82) is 0 Å². The Hall–Kier alpha value is -3.36. The summed E-state index contributed by atoms with van der Waals surface area (Å²) < 4.78 is 26.7. The second-order valence-electron chi connectivity index (χ2n) is 6.76. The molecule has 0 atom stereocenters. The van der Waals surface area contributed by atoms with Crippen LogP contribution in [0.25, 0.3) is 0 Å². The van der Waals surface area contributed by atoms with Gasteiger partial charge in [-0.15, -0.1) is 0 Å². The molecule has 154 valence electrons. The average molecular weight is 423 g/mol. The van der Waals surface area contributed by atoms with Crippen LogP contribution in [0.4, 0.5) is 0 Å². The summed E-state index contributed by atoms with van der Waals surface area (Å²) in [5.74, 6) is -0.359. The van der Waals surface area contributed by atoms with E-state index in [0.717, 1.165) is 16.7 Å². The molecule has 3 rings (SSSR count). The van der Waals surface area contributed by atoms with Gasteiger partial charge >= 0.3 is 0 Å². The highest BCUT2D eigenvalue weighted by atomic mass is 32.2. The molecular weight excluding hydrogens is 400 g/mol. The molecule has 0 unspecified atom stereocenters. The molecule has 0 fully saturated rings. The largest absolute Gasteiger partial charge is 0.271 e. The third-order valence-corrected chi connectivity index (χ3v) is 6.23. The Balaban J connectivity index is 1.61. The number of aryl methyl sites for hydroxylation is 1. The Labute approximate surface area is 176 Å². The molecule has 1 amide bonds. The molecule has 0 saturated carbocycles. The molecule has 0 bridgehead atoms. The average Bonchev–Trinajstić information content (AvgIpc) is 2.75. The molecular formula is C22H22N4O3S. The van der Waals surface area contributed by atoms with Crippen LogP contribution in [-0.4, -0.2) is 36.9 Å². The van der Waals surface area contributed by atoms with E-state index in [9.17, 15) is 13.2 Å². The maximum atomic E-state index is 12.7. The van der Waals surface area contributed by atoms with E-state index in [1.807, 2.05) is 13.0 Å². The van der Waals surface area contributed by atoms with Gasteiger partial charge in [0.15, 0.2) is 0 Å². The second kappa shape index (κ2) is 9.43. The fourth-order valence-corrected chi connectivity index (χ4v) is 3.84. The van der Waals surface area contributed by atoms with Gasteiger partial charge in [-0.3, -0.25) is 9.78 Å². The Morgan fingerprint density at radius 3 is 2.43 bits per heavy atom. The molecule has 1 heterocycles. The third-order valence-electron chi connectivity index (χ3n) is 4.41. The smallest absolute Gasteiger partial charge is 0.267 e. The number of amides is 1. The number of carbonyl (C=O) groups is 1. The molecule has 7 nitrogen and oxygen atoms in total. The number of aromatic nitrogens is 1. The van der Waals surface area contributed by atoms with Gasteiger partial charge in [-0.25, -0.2) is 13.8 Å². The van der Waals surface area contributed by atoms with Crippen LogP contribution >= 0.6 is 0 Å². The molecule has 30 heavy (non-hydrogen) atoms. The Bertz CT molecular complexity index is 1130. The molecule has 2 aromatic carbocycles. The van der Waals surface area contributed by atoms with E-state index >= 15 is 0 Å². The second-order valence-corrected chi connectivity index (χ2v) is 8.80. The van der Waals surface area contributed by atoms with E-state index in [2.05, 4.69) is 15.5 Å². The monoisotopic (exact) mass is 422 g/mol. The fraction of sp³-hybridized carbons (Fsp3) is 0.136. The van der Waals surface area contributed by atoms with E-state index < -0.39 is 10.0 Å². The highest BCUT2D eigenvalue weighted by molar-refractivity contribution is 7.89. The first kappa shape index (κ1) is 21.4. The number of hydrazone groups is 1. The van der Waals surface area contributed by atoms with Crippen LogP contribution in [0.3, 0.4) is 0 Å². The van der Waals surface area contributed by atoms with E-state index in [1.165, 1.54) is 17.6 Å². The summed E-state index contributed by atoms with van der Waals surface area (Å²) in [5, 5.41) is 3.91. The van der Waals surface area contributed by atoms with Gasteiger partial charge < -0.3 is 0 Å². The Morgan fingerprint density at radius 1 is 1.10 bits per heavy atom. The van der Waals surface area contributed by atoms with Gasteiger partial charge in [-0.05, 0) is 42.8 Å². The number of pyridine rings is 1. The minimum absolute atomic E-state index is 0.192. The van der Waals surface area contributed by atoms with Gasteiger partial charge in [0.2, 0.25) is 10.0 Å². The first-order valence-corrected chi connectivity index (χ1v) is 10.7. The number of nitrogens with one attached hydrogen (secondary N) is 1. The first-order valence-electron chi connectivity index (χ1n) is 9.21. The number of carbonyl (C=O) groups excluding carboxylic acids is 1. The zero-order valence-electron chi connectivity index (χ0n) is 16.7. The zero-order chi connectivity index (χ0) is 21.6. The summed E-state index contributed by atoms with van der Waals surface area (Å²) in [7, 11) is -2.06. The van der Waals surface area contributed by atoms with Crippen molar-refractivity contribution in [2.75, 3.05) is 7.05 Å². The molecule has 0 radical (unpaired) electrons. The van der Waals surface area contributed by atoms with E-state index in [0.29, 0.717) is 5.56 Å². The van der Waals surface area contributed by atoms with Crippen LogP contribution in [0, 0.1) is 6.92 Å². The van der Waals surface area contributed by atoms with Crippen molar-refractivity contribution in [3.8, 4) is 0 Å². The van der Waals surface area contributed by atoms with Gasteiger partial charge in [0, 0.05) is 37.1 Å². The quantitative estimate of drug-likeness (QED) is 0.468. The molecule has 0 aliphatic carbocycles. The third kappa shape index (κ3) is 5.37. The lowest BCUT2D eigenvalue weighted by Crippen LogP contribution is -2.26. The Kier molecular flexibility index (Phi) is 6.71. The number of hydrogen-bond donors (Lipinski definition) is 1. The Morgan fingerprint density at radius 2 is 1.80 bits per heavy atom. The van der Waals surface area contributed by atoms with Crippen molar-refractivity contribution in [2.24, 2.45) is 5.10 Å². The summed E-state index contributed by atoms with van der Waals surface area (Å²) in [6.07, 6.45) is 4.79. The number of sulfonamides is 1. The minimum Gasteiger partial charge on any atom is -0.267 e. The number of rotatable bonds is 7. The van der Waals surface area contributed by atoms with Gasteiger partial charge in [-0.2, -0.15) is 9.41 Å². The minimum atomic E-state index is -3.59. The predicted molar refractivity (Wildman–Crippen MR) is 116 cm³/mol. The molecule has 0 saturated heterocycles. The van der Waals surface area contributed by atoms with Crippen molar-refractivity contribution >= 4 is 22.1 Å². The molecule has 1 aromatic heterocycles. The molecule has 0 aliphatic heterocycles. The van der Waals surface area contributed by atoms with Crippen LogP contribution in [-0.2, 0) is 16.6 Å². The summed E-state index contributed by atoms with van der Waals surface area (Å²) in [5.41, 5.74) is 5.41. The highest BCUT2D eigenvalue weighted by Crippen LogP contribution is 2.17.